The summed E-state index contributed by atoms with van der Waals surface area (Å²) in [6, 6.07) is 3.64. The predicted octanol–water partition coefficient (Wildman–Crippen LogP) is 0.672. The van der Waals surface area contributed by atoms with Gasteiger partial charge < -0.3 is 15.2 Å². The average Bonchev–Trinajstić information content (AvgIpc) is 2.40. The van der Waals surface area contributed by atoms with Crippen LogP contribution < -0.4 is 16.2 Å². The number of hydrogen-bond donors (Lipinski definition) is 2. The Morgan fingerprint density at radius 2 is 2.11 bits per heavy atom. The summed E-state index contributed by atoms with van der Waals surface area (Å²) in [7, 11) is 1.87. The summed E-state index contributed by atoms with van der Waals surface area (Å²) >= 11 is 0. The summed E-state index contributed by atoms with van der Waals surface area (Å²) in [5.41, 5.74) is 3.39. The first-order valence-electron chi connectivity index (χ1n) is 6.03. The van der Waals surface area contributed by atoms with Crippen LogP contribution in [0.2, 0.25) is 0 Å². The third-order valence-electron chi connectivity index (χ3n) is 2.82. The van der Waals surface area contributed by atoms with E-state index in [1.54, 1.807) is 17.2 Å². The van der Waals surface area contributed by atoms with Gasteiger partial charge in [0.25, 0.3) is 0 Å². The van der Waals surface area contributed by atoms with Crippen LogP contribution in [0.15, 0.2) is 18.3 Å². The van der Waals surface area contributed by atoms with Gasteiger partial charge in [-0.25, -0.2) is 10.8 Å². The highest BCUT2D eigenvalue weighted by molar-refractivity contribution is 5.81. The molecule has 1 rings (SSSR count). The molecule has 1 aromatic heterocycles. The molecule has 6 heteroatoms. The first-order chi connectivity index (χ1) is 8.62. The van der Waals surface area contributed by atoms with Crippen molar-refractivity contribution >= 4 is 17.4 Å². The number of nitrogens with zero attached hydrogens (tertiary/aromatic N) is 3. The summed E-state index contributed by atoms with van der Waals surface area (Å²) in [6.45, 7) is 5.76. The highest BCUT2D eigenvalue weighted by atomic mass is 16.2. The van der Waals surface area contributed by atoms with E-state index in [0.717, 1.165) is 18.8 Å². The molecule has 0 aromatic carbocycles. The van der Waals surface area contributed by atoms with Crippen LogP contribution in [0.1, 0.15) is 13.8 Å². The molecule has 3 N–H and O–H groups in total. The fourth-order valence-electron chi connectivity index (χ4n) is 1.71. The zero-order chi connectivity index (χ0) is 13.5. The first kappa shape index (κ1) is 14.2. The minimum Gasteiger partial charge on any atom is -0.365 e. The number of hydrazine groups is 1. The van der Waals surface area contributed by atoms with Crippen molar-refractivity contribution in [3.8, 4) is 0 Å². The van der Waals surface area contributed by atoms with Crippen LogP contribution in [-0.4, -0.2) is 42.5 Å². The largest absolute Gasteiger partial charge is 0.365 e. The maximum absolute atomic E-state index is 12.0. The number of pyridine rings is 1. The molecule has 0 saturated heterocycles. The number of nitrogen functional groups attached to an aromatic ring is 1. The lowest BCUT2D eigenvalue weighted by molar-refractivity contribution is -0.129. The number of likely N-dealkylation sites (N-methyl/N-ethyl adjacent to an activating group) is 2. The second-order valence-electron chi connectivity index (χ2n) is 3.97. The van der Waals surface area contributed by atoms with Crippen LogP contribution in [0.5, 0.6) is 0 Å². The molecule has 0 fully saturated rings. The van der Waals surface area contributed by atoms with E-state index >= 15 is 0 Å². The number of rotatable bonds is 6. The molecule has 0 unspecified atom stereocenters. The Labute approximate surface area is 108 Å². The molecule has 0 aliphatic heterocycles. The van der Waals surface area contributed by atoms with Gasteiger partial charge in [0.15, 0.2) is 0 Å². The SMILES string of the molecule is CCN(CC)C(=O)CN(C)c1ccnc(NN)c1. The number of hydrogen-bond acceptors (Lipinski definition) is 5. The molecule has 1 aromatic rings. The Morgan fingerprint density at radius 1 is 1.44 bits per heavy atom. The molecule has 0 atom stereocenters. The Balaban J connectivity index is 2.69. The zero-order valence-electron chi connectivity index (χ0n) is 11.2. The van der Waals surface area contributed by atoms with Gasteiger partial charge in [0, 0.05) is 38.1 Å². The van der Waals surface area contributed by atoms with Crippen molar-refractivity contribution in [2.45, 2.75) is 13.8 Å². The van der Waals surface area contributed by atoms with E-state index in [9.17, 15) is 4.79 Å². The van der Waals surface area contributed by atoms with Gasteiger partial charge in [-0.2, -0.15) is 0 Å². The van der Waals surface area contributed by atoms with Gasteiger partial charge in [-0.15, -0.1) is 0 Å². The summed E-state index contributed by atoms with van der Waals surface area (Å²) in [5, 5.41) is 0. The standard InChI is InChI=1S/C12H21N5O/c1-4-17(5-2)12(18)9-16(3)10-6-7-14-11(8-10)15-13/h6-8H,4-5,9,13H2,1-3H3,(H,14,15). The number of carbonyl (C=O) groups is 1. The van der Waals surface area contributed by atoms with Gasteiger partial charge in [0.05, 0.1) is 6.54 Å². The van der Waals surface area contributed by atoms with Gasteiger partial charge in [-0.05, 0) is 19.9 Å². The minimum absolute atomic E-state index is 0.113. The van der Waals surface area contributed by atoms with E-state index in [1.165, 1.54) is 0 Å². The monoisotopic (exact) mass is 251 g/mol. The lowest BCUT2D eigenvalue weighted by atomic mass is 10.3. The molecular weight excluding hydrogens is 230 g/mol. The molecular formula is C12H21N5O. The molecule has 0 aliphatic rings. The van der Waals surface area contributed by atoms with Crippen molar-refractivity contribution in [3.05, 3.63) is 18.3 Å². The van der Waals surface area contributed by atoms with Crippen LogP contribution in [0.25, 0.3) is 0 Å². The number of nitrogens with two attached hydrogens (primary N) is 1. The van der Waals surface area contributed by atoms with Crippen LogP contribution in [0.4, 0.5) is 11.5 Å². The number of amides is 1. The van der Waals surface area contributed by atoms with Crippen molar-refractivity contribution in [2.24, 2.45) is 5.84 Å². The van der Waals surface area contributed by atoms with E-state index in [4.69, 9.17) is 5.84 Å². The second kappa shape index (κ2) is 6.80. The minimum atomic E-state index is 0.113. The lowest BCUT2D eigenvalue weighted by Gasteiger charge is -2.24. The van der Waals surface area contributed by atoms with E-state index in [1.807, 2.05) is 31.9 Å². The van der Waals surface area contributed by atoms with Crippen molar-refractivity contribution in [1.82, 2.24) is 9.88 Å². The number of aromatic nitrogens is 1. The second-order valence-corrected chi connectivity index (χ2v) is 3.97. The van der Waals surface area contributed by atoms with Gasteiger partial charge in [-0.1, -0.05) is 0 Å². The third kappa shape index (κ3) is 3.59. The number of anilines is 2. The Hall–Kier alpha value is -1.82. The first-order valence-corrected chi connectivity index (χ1v) is 6.03. The van der Waals surface area contributed by atoms with Crippen LogP contribution in [-0.2, 0) is 4.79 Å². The van der Waals surface area contributed by atoms with Gasteiger partial charge in [0.2, 0.25) is 5.91 Å². The summed E-state index contributed by atoms with van der Waals surface area (Å²) in [5.74, 6) is 6.00. The van der Waals surface area contributed by atoms with Crippen molar-refractivity contribution < 1.29 is 4.79 Å². The Kier molecular flexibility index (Phi) is 5.38. The molecule has 1 heterocycles. The quantitative estimate of drug-likeness (QED) is 0.574. The van der Waals surface area contributed by atoms with Crippen molar-refractivity contribution in [3.63, 3.8) is 0 Å². The number of nitrogens with one attached hydrogen (secondary N) is 1. The van der Waals surface area contributed by atoms with E-state index in [2.05, 4.69) is 10.4 Å². The fraction of sp³-hybridized carbons (Fsp3) is 0.500. The fourth-order valence-corrected chi connectivity index (χ4v) is 1.71. The van der Waals surface area contributed by atoms with Crippen LogP contribution >= 0.6 is 0 Å². The molecule has 1 amide bonds. The Morgan fingerprint density at radius 3 is 2.67 bits per heavy atom. The van der Waals surface area contributed by atoms with Gasteiger partial charge >= 0.3 is 0 Å². The molecule has 18 heavy (non-hydrogen) atoms. The Bertz CT molecular complexity index is 392. The molecule has 0 saturated carbocycles. The number of carbonyl (C=O) groups excluding carboxylic acids is 1. The van der Waals surface area contributed by atoms with E-state index in [-0.39, 0.29) is 5.91 Å². The molecule has 6 nitrogen and oxygen atoms in total. The van der Waals surface area contributed by atoms with E-state index < -0.39 is 0 Å². The summed E-state index contributed by atoms with van der Waals surface area (Å²) in [6.07, 6.45) is 1.66. The topological polar surface area (TPSA) is 74.5 Å². The highest BCUT2D eigenvalue weighted by Gasteiger charge is 2.13. The van der Waals surface area contributed by atoms with E-state index in [0.29, 0.717) is 12.4 Å². The lowest BCUT2D eigenvalue weighted by Crippen LogP contribution is -2.38. The van der Waals surface area contributed by atoms with Gasteiger partial charge in [0.1, 0.15) is 5.82 Å². The zero-order valence-corrected chi connectivity index (χ0v) is 11.2. The molecule has 0 aliphatic carbocycles. The van der Waals surface area contributed by atoms with Crippen LogP contribution in [0, 0.1) is 0 Å². The molecule has 100 valence electrons. The summed E-state index contributed by atoms with van der Waals surface area (Å²) in [4.78, 5) is 19.7. The normalized spacial score (nSPS) is 10.0. The molecule has 0 bridgehead atoms. The predicted molar refractivity (Wildman–Crippen MR) is 73.2 cm³/mol. The maximum atomic E-state index is 12.0. The third-order valence-corrected chi connectivity index (χ3v) is 2.82. The molecule has 0 spiro atoms. The maximum Gasteiger partial charge on any atom is 0.242 e. The highest BCUT2D eigenvalue weighted by Crippen LogP contribution is 2.15. The average molecular weight is 251 g/mol. The van der Waals surface area contributed by atoms with Crippen molar-refractivity contribution in [2.75, 3.05) is 37.0 Å². The summed E-state index contributed by atoms with van der Waals surface area (Å²) < 4.78 is 0. The van der Waals surface area contributed by atoms with Crippen LogP contribution in [0.3, 0.4) is 0 Å². The smallest absolute Gasteiger partial charge is 0.242 e. The van der Waals surface area contributed by atoms with Crippen molar-refractivity contribution in [1.29, 1.82) is 0 Å². The van der Waals surface area contributed by atoms with Gasteiger partial charge in [-0.3, -0.25) is 4.79 Å². The molecule has 0 radical (unpaired) electrons.